The number of carbonyl (C=O) groups is 2. The van der Waals surface area contributed by atoms with E-state index in [1.165, 1.54) is 16.7 Å². The Balaban J connectivity index is 1.25. The van der Waals surface area contributed by atoms with Gasteiger partial charge in [0.25, 0.3) is 11.5 Å². The molecule has 0 unspecified atom stereocenters. The molecule has 1 aromatic heterocycles. The van der Waals surface area contributed by atoms with Gasteiger partial charge < -0.3 is 24.7 Å². The number of methoxy groups -OCH3 is 1. The largest absolute Gasteiger partial charge is 0.497 e. The maximum Gasteiger partial charge on any atom is 0.279 e. The minimum Gasteiger partial charge on any atom is -0.497 e. The molecule has 10 heteroatoms. The van der Waals surface area contributed by atoms with Gasteiger partial charge in [0.1, 0.15) is 5.75 Å². The van der Waals surface area contributed by atoms with Crippen LogP contribution in [0.25, 0.3) is 16.5 Å². The Morgan fingerprint density at radius 3 is 2.51 bits per heavy atom. The lowest BCUT2D eigenvalue weighted by atomic mass is 9.83. The van der Waals surface area contributed by atoms with Gasteiger partial charge in [0.05, 0.1) is 43.2 Å². The lowest BCUT2D eigenvalue weighted by Crippen LogP contribution is -2.44. The molecule has 2 amide bonds. The molecule has 2 N–H and O–H groups in total. The van der Waals surface area contributed by atoms with Crippen LogP contribution in [0.15, 0.2) is 120 Å². The van der Waals surface area contributed by atoms with Crippen molar-refractivity contribution in [2.45, 2.75) is 32.0 Å². The van der Waals surface area contributed by atoms with Crippen LogP contribution in [0.2, 0.25) is 0 Å². The van der Waals surface area contributed by atoms with Crippen LogP contribution in [-0.4, -0.2) is 57.0 Å². The monoisotopic (exact) mass is 658 g/mol. The number of ether oxygens (including phenoxy) is 1. The lowest BCUT2D eigenvalue weighted by molar-refractivity contribution is -0.139. The molecule has 10 nitrogen and oxygen atoms in total. The van der Waals surface area contributed by atoms with Gasteiger partial charge in [-0.15, -0.1) is 0 Å². The Kier molecular flexibility index (Phi) is 9.70. The van der Waals surface area contributed by atoms with Gasteiger partial charge in [0.15, 0.2) is 5.60 Å². The first-order valence-electron chi connectivity index (χ1n) is 16.1. The van der Waals surface area contributed by atoms with Crippen LogP contribution >= 0.6 is 0 Å². The molecule has 1 aliphatic rings. The molecule has 6 rings (SSSR count). The summed E-state index contributed by atoms with van der Waals surface area (Å²) in [5.41, 5.74) is 0.973. The van der Waals surface area contributed by atoms with E-state index < -0.39 is 17.4 Å². The van der Waals surface area contributed by atoms with Gasteiger partial charge in [-0.05, 0) is 47.5 Å². The van der Waals surface area contributed by atoms with Gasteiger partial charge in [-0.25, -0.2) is 0 Å². The van der Waals surface area contributed by atoms with Crippen LogP contribution in [0.4, 0.5) is 5.69 Å². The molecule has 250 valence electrons. The van der Waals surface area contributed by atoms with E-state index in [-0.39, 0.29) is 37.6 Å². The number of benzene rings is 4. The molecule has 0 saturated heterocycles. The van der Waals surface area contributed by atoms with Crippen LogP contribution in [0.3, 0.4) is 0 Å². The summed E-state index contributed by atoms with van der Waals surface area (Å²) in [5.74, 6) is -0.926. The molecular weight excluding hydrogens is 620 g/mol. The van der Waals surface area contributed by atoms with E-state index in [1.54, 1.807) is 72.6 Å². The Morgan fingerprint density at radius 1 is 0.980 bits per heavy atom. The summed E-state index contributed by atoms with van der Waals surface area (Å²) >= 11 is 0. The summed E-state index contributed by atoms with van der Waals surface area (Å²) in [5, 5.41) is 27.4. The molecule has 0 spiro atoms. The summed E-state index contributed by atoms with van der Waals surface area (Å²) in [6.07, 6.45) is 5.02. The number of fused-ring (bicyclic) bond motifs is 2. The summed E-state index contributed by atoms with van der Waals surface area (Å²) in [6.45, 7) is 2.25. The quantitative estimate of drug-likeness (QED) is 0.186. The predicted octanol–water partition coefficient (Wildman–Crippen LogP) is 4.73. The highest BCUT2D eigenvalue weighted by Gasteiger charge is 2.52. The molecule has 0 saturated carbocycles. The fourth-order valence-corrected chi connectivity index (χ4v) is 6.31. The van der Waals surface area contributed by atoms with E-state index in [9.17, 15) is 24.6 Å². The van der Waals surface area contributed by atoms with Gasteiger partial charge in [0.2, 0.25) is 5.91 Å². The van der Waals surface area contributed by atoms with Crippen LogP contribution < -0.4 is 15.2 Å². The molecule has 4 aromatic carbocycles. The first kappa shape index (κ1) is 33.3. The third-order valence-electron chi connectivity index (χ3n) is 8.98. The highest BCUT2D eigenvalue weighted by Crippen LogP contribution is 2.47. The fourth-order valence-electron chi connectivity index (χ4n) is 6.31. The zero-order valence-electron chi connectivity index (χ0n) is 27.4. The highest BCUT2D eigenvalue weighted by atomic mass is 16.5. The Labute approximate surface area is 284 Å². The number of carbonyl (C=O) groups excluding carboxylic acids is 2. The molecular formula is C39H38N4O6. The summed E-state index contributed by atoms with van der Waals surface area (Å²) in [6, 6.07) is 29.2. The second-order valence-corrected chi connectivity index (χ2v) is 12.1. The number of aromatic nitrogens is 2. The normalized spacial score (nSPS) is 16.2. The number of nitrogens with zero attached hydrogens (tertiary/aromatic N) is 4. The number of hydrogen-bond donors (Lipinski definition) is 2. The van der Waals surface area contributed by atoms with Crippen LogP contribution in [0, 0.1) is 5.92 Å². The van der Waals surface area contributed by atoms with Crippen molar-refractivity contribution in [2.75, 3.05) is 25.2 Å². The van der Waals surface area contributed by atoms with Crippen molar-refractivity contribution in [3.05, 3.63) is 142 Å². The zero-order valence-corrected chi connectivity index (χ0v) is 27.4. The van der Waals surface area contributed by atoms with Gasteiger partial charge in [-0.3, -0.25) is 14.4 Å². The Bertz CT molecular complexity index is 2080. The smallest absolute Gasteiger partial charge is 0.279 e. The lowest BCUT2D eigenvalue weighted by Gasteiger charge is -2.28. The summed E-state index contributed by atoms with van der Waals surface area (Å²) < 4.78 is 6.79. The average Bonchev–Trinajstić information content (AvgIpc) is 3.34. The fraction of sp³-hybridized carbons (Fsp3) is 0.231. The molecule has 5 aromatic rings. The van der Waals surface area contributed by atoms with Gasteiger partial charge in [-0.2, -0.15) is 9.78 Å². The number of amides is 2. The van der Waals surface area contributed by atoms with E-state index in [0.717, 1.165) is 16.5 Å². The number of hydrogen-bond acceptors (Lipinski definition) is 7. The highest BCUT2D eigenvalue weighted by molar-refractivity contribution is 6.07. The van der Waals surface area contributed by atoms with E-state index in [0.29, 0.717) is 34.6 Å². The molecule has 0 aliphatic carbocycles. The number of aliphatic hydroxyl groups excluding tert-OH is 1. The third kappa shape index (κ3) is 6.61. The van der Waals surface area contributed by atoms with Crippen molar-refractivity contribution in [3.8, 4) is 11.4 Å². The second kappa shape index (κ2) is 14.3. The summed E-state index contributed by atoms with van der Waals surface area (Å²) in [7, 11) is 1.52. The predicted molar refractivity (Wildman–Crippen MR) is 187 cm³/mol. The second-order valence-electron chi connectivity index (χ2n) is 12.1. The number of aliphatic hydroxyl groups is 2. The van der Waals surface area contributed by atoms with Crippen LogP contribution in [-0.2, 0) is 28.3 Å². The van der Waals surface area contributed by atoms with Crippen molar-refractivity contribution >= 4 is 28.3 Å². The molecule has 0 bridgehead atoms. The van der Waals surface area contributed by atoms with Gasteiger partial charge >= 0.3 is 0 Å². The molecule has 49 heavy (non-hydrogen) atoms. The molecule has 2 heterocycles. The first-order valence-corrected chi connectivity index (χ1v) is 16.1. The average molecular weight is 659 g/mol. The van der Waals surface area contributed by atoms with E-state index in [4.69, 9.17) is 4.74 Å². The SMILES string of the molecule is COc1ccc2c(c1)[C@@](O)([C@H](C)/C=C/CC(=O)N(CCO)Cc1ccccc1)C(=O)N2Cc1cccc(-n2ncc3ccccc3c2=O)c1. The maximum atomic E-state index is 14.2. The minimum absolute atomic E-state index is 0.0328. The zero-order chi connectivity index (χ0) is 34.5. The summed E-state index contributed by atoms with van der Waals surface area (Å²) in [4.78, 5) is 43.7. The Morgan fingerprint density at radius 2 is 1.73 bits per heavy atom. The van der Waals surface area contributed by atoms with Crippen LogP contribution in [0.5, 0.6) is 5.75 Å². The van der Waals surface area contributed by atoms with Gasteiger partial charge in [0, 0.05) is 36.4 Å². The molecule has 2 atom stereocenters. The van der Waals surface area contributed by atoms with E-state index >= 15 is 0 Å². The van der Waals surface area contributed by atoms with Crippen molar-refractivity contribution in [3.63, 3.8) is 0 Å². The van der Waals surface area contributed by atoms with Crippen molar-refractivity contribution < 1.29 is 24.5 Å². The van der Waals surface area contributed by atoms with E-state index in [2.05, 4.69) is 5.10 Å². The first-order chi connectivity index (χ1) is 23.7. The molecule has 1 aliphatic heterocycles. The minimum atomic E-state index is -1.94. The number of rotatable bonds is 12. The van der Waals surface area contributed by atoms with Crippen molar-refractivity contribution in [1.29, 1.82) is 0 Å². The van der Waals surface area contributed by atoms with Crippen molar-refractivity contribution in [2.24, 2.45) is 5.92 Å². The standard InChI is InChI=1S/C39H38N4O6/c1-27(10-8-17-36(45)41(20-21-44)25-28-11-4-3-5-12-28)39(48)34-23-32(49-2)18-19-35(34)42(38(39)47)26-29-13-9-15-31(22-29)43-37(46)33-16-7-6-14-30(33)24-40-43/h3-16,18-19,22-24,27,44,48H,17,20-21,25-26H2,1-2H3/b10-8+/t27-,39+/m1/s1. The maximum absolute atomic E-state index is 14.2. The molecule has 0 fully saturated rings. The van der Waals surface area contributed by atoms with E-state index in [1.807, 2.05) is 54.6 Å². The van der Waals surface area contributed by atoms with Crippen molar-refractivity contribution in [1.82, 2.24) is 14.7 Å². The van der Waals surface area contributed by atoms with Crippen LogP contribution in [0.1, 0.15) is 30.0 Å². The number of anilines is 1. The Hall–Kier alpha value is -5.58. The topological polar surface area (TPSA) is 125 Å². The molecule has 0 radical (unpaired) electrons. The third-order valence-corrected chi connectivity index (χ3v) is 8.98. The van der Waals surface area contributed by atoms with Gasteiger partial charge in [-0.1, -0.05) is 79.7 Å².